The van der Waals surface area contributed by atoms with Gasteiger partial charge in [0.1, 0.15) is 0 Å². The van der Waals surface area contributed by atoms with Crippen LogP contribution in [0.4, 0.5) is 0 Å². The zero-order valence-corrected chi connectivity index (χ0v) is 9.78. The molecule has 3 nitrogen and oxygen atoms in total. The van der Waals surface area contributed by atoms with Gasteiger partial charge >= 0.3 is 0 Å². The number of methoxy groups -OCH3 is 1. The monoisotopic (exact) mass is 265 g/mol. The summed E-state index contributed by atoms with van der Waals surface area (Å²) in [5, 5.41) is 2.05. The molecule has 0 fully saturated rings. The number of nitrogens with one attached hydrogen (secondary N) is 1. The Hall–Kier alpha value is 0.0600. The van der Waals surface area contributed by atoms with Crippen LogP contribution in [0.3, 0.4) is 0 Å². The van der Waals surface area contributed by atoms with E-state index in [1.54, 1.807) is 18.4 Å². The minimum Gasteiger partial charge on any atom is -0.382 e. The van der Waals surface area contributed by atoms with Crippen molar-refractivity contribution in [2.24, 2.45) is 0 Å². The molecule has 0 atom stereocenters. The van der Waals surface area contributed by atoms with Gasteiger partial charge in [-0.25, -0.2) is 0 Å². The summed E-state index contributed by atoms with van der Waals surface area (Å²) < 4.78 is 5.95. The minimum absolute atomic E-state index is 0.572. The Kier molecular flexibility index (Phi) is 5.57. The molecule has 0 bridgehead atoms. The van der Waals surface area contributed by atoms with E-state index in [0.717, 1.165) is 11.0 Å². The first kappa shape index (κ1) is 11.1. The van der Waals surface area contributed by atoms with Gasteiger partial charge in [0.25, 0.3) is 0 Å². The second kappa shape index (κ2) is 6.50. The first-order valence-corrected chi connectivity index (χ1v) is 5.56. The molecule has 74 valence electrons. The Labute approximate surface area is 90.1 Å². The molecule has 1 aromatic rings. The average molecular weight is 266 g/mol. The largest absolute Gasteiger partial charge is 0.382 e. The van der Waals surface area contributed by atoms with E-state index in [1.165, 1.54) is 4.88 Å². The van der Waals surface area contributed by atoms with Crippen molar-refractivity contribution >= 4 is 27.3 Å². The lowest BCUT2D eigenvalue weighted by atomic mass is 10.5. The van der Waals surface area contributed by atoms with Crippen LogP contribution >= 0.6 is 27.3 Å². The highest BCUT2D eigenvalue weighted by Gasteiger charge is 1.96. The molecule has 1 aromatic heterocycles. The molecule has 0 unspecified atom stereocenters. The highest BCUT2D eigenvalue weighted by molar-refractivity contribution is 9.10. The van der Waals surface area contributed by atoms with Crippen molar-refractivity contribution in [3.8, 4) is 0 Å². The standard InChI is InChI=1S/C8H12BrNO2S/c1-11-2-3-12-10-5-8-4-7(9)6-13-8/h4,6,10H,2-3,5H2,1H3. The number of hydrogen-bond donors (Lipinski definition) is 1. The van der Waals surface area contributed by atoms with Crippen molar-refractivity contribution < 1.29 is 9.57 Å². The molecule has 0 aromatic carbocycles. The molecular formula is C8H12BrNO2S. The Morgan fingerprint density at radius 3 is 3.00 bits per heavy atom. The number of rotatable bonds is 6. The summed E-state index contributed by atoms with van der Waals surface area (Å²) in [5.41, 5.74) is 2.86. The zero-order valence-electron chi connectivity index (χ0n) is 7.38. The van der Waals surface area contributed by atoms with E-state index >= 15 is 0 Å². The summed E-state index contributed by atoms with van der Waals surface area (Å²) in [6.45, 7) is 1.92. The van der Waals surface area contributed by atoms with Crippen LogP contribution in [0.1, 0.15) is 4.88 Å². The van der Waals surface area contributed by atoms with Crippen LogP contribution in [0.2, 0.25) is 0 Å². The lowest BCUT2D eigenvalue weighted by Gasteiger charge is -2.02. The molecule has 0 aliphatic heterocycles. The molecular weight excluding hydrogens is 254 g/mol. The fourth-order valence-electron chi connectivity index (χ4n) is 0.766. The Balaban J connectivity index is 2.06. The lowest BCUT2D eigenvalue weighted by Crippen LogP contribution is -2.16. The SMILES string of the molecule is COCCONCc1cc(Br)cs1. The molecule has 5 heteroatoms. The second-order valence-electron chi connectivity index (χ2n) is 2.39. The maximum Gasteiger partial charge on any atom is 0.0916 e. The van der Waals surface area contributed by atoms with E-state index in [1.807, 2.05) is 5.38 Å². The summed E-state index contributed by atoms with van der Waals surface area (Å²) >= 11 is 5.08. The molecule has 0 spiro atoms. The number of halogens is 1. The van der Waals surface area contributed by atoms with Gasteiger partial charge in [0.15, 0.2) is 0 Å². The number of thiophene rings is 1. The van der Waals surface area contributed by atoms with Crippen LogP contribution in [0.25, 0.3) is 0 Å². The maximum absolute atomic E-state index is 5.10. The van der Waals surface area contributed by atoms with Gasteiger partial charge < -0.3 is 4.74 Å². The van der Waals surface area contributed by atoms with E-state index in [-0.39, 0.29) is 0 Å². The third-order valence-corrected chi connectivity index (χ3v) is 3.06. The summed E-state index contributed by atoms with van der Waals surface area (Å²) in [4.78, 5) is 6.34. The molecule has 0 saturated carbocycles. The van der Waals surface area contributed by atoms with E-state index in [4.69, 9.17) is 9.57 Å². The van der Waals surface area contributed by atoms with Crippen LogP contribution in [-0.4, -0.2) is 20.3 Å². The topological polar surface area (TPSA) is 30.5 Å². The van der Waals surface area contributed by atoms with Gasteiger partial charge in [-0.3, -0.25) is 4.84 Å². The summed E-state index contributed by atoms with van der Waals surface area (Å²) in [6.07, 6.45) is 0. The Morgan fingerprint density at radius 2 is 2.38 bits per heavy atom. The van der Waals surface area contributed by atoms with E-state index < -0.39 is 0 Å². The smallest absolute Gasteiger partial charge is 0.0916 e. The van der Waals surface area contributed by atoms with Crippen LogP contribution in [0.5, 0.6) is 0 Å². The summed E-state index contributed by atoms with van der Waals surface area (Å²) in [5.74, 6) is 0. The van der Waals surface area contributed by atoms with Crippen LogP contribution in [-0.2, 0) is 16.1 Å². The summed E-state index contributed by atoms with van der Waals surface area (Å²) in [6, 6.07) is 2.07. The molecule has 1 heterocycles. The van der Waals surface area contributed by atoms with Crippen molar-refractivity contribution in [1.29, 1.82) is 0 Å². The van der Waals surface area contributed by atoms with Crippen molar-refractivity contribution in [1.82, 2.24) is 5.48 Å². The van der Waals surface area contributed by atoms with Gasteiger partial charge in [-0.05, 0) is 22.0 Å². The number of hydroxylamine groups is 1. The Bertz CT molecular complexity index is 242. The van der Waals surface area contributed by atoms with Crippen molar-refractivity contribution in [2.45, 2.75) is 6.54 Å². The van der Waals surface area contributed by atoms with E-state index in [0.29, 0.717) is 13.2 Å². The van der Waals surface area contributed by atoms with Crippen molar-refractivity contribution in [3.05, 3.63) is 20.8 Å². The molecule has 0 amide bonds. The number of hydrogen-bond acceptors (Lipinski definition) is 4. The first-order valence-electron chi connectivity index (χ1n) is 3.89. The molecule has 1 N–H and O–H groups in total. The first-order chi connectivity index (χ1) is 6.33. The van der Waals surface area contributed by atoms with Gasteiger partial charge in [-0.1, -0.05) is 0 Å². The Morgan fingerprint density at radius 1 is 1.54 bits per heavy atom. The number of ether oxygens (including phenoxy) is 1. The molecule has 0 aliphatic carbocycles. The molecule has 0 aliphatic rings. The van der Waals surface area contributed by atoms with Crippen molar-refractivity contribution in [2.75, 3.05) is 20.3 Å². The lowest BCUT2D eigenvalue weighted by molar-refractivity contribution is 0.00386. The van der Waals surface area contributed by atoms with E-state index in [2.05, 4.69) is 27.5 Å². The van der Waals surface area contributed by atoms with Gasteiger partial charge in [-0.2, -0.15) is 5.48 Å². The summed E-state index contributed by atoms with van der Waals surface area (Å²) in [7, 11) is 1.65. The third-order valence-electron chi connectivity index (χ3n) is 1.36. The molecule has 0 radical (unpaired) electrons. The van der Waals surface area contributed by atoms with Crippen molar-refractivity contribution in [3.63, 3.8) is 0 Å². The highest BCUT2D eigenvalue weighted by Crippen LogP contribution is 2.19. The molecule has 13 heavy (non-hydrogen) atoms. The van der Waals surface area contributed by atoms with Gasteiger partial charge in [0, 0.05) is 21.8 Å². The molecule has 0 saturated heterocycles. The van der Waals surface area contributed by atoms with Gasteiger partial charge in [-0.15, -0.1) is 11.3 Å². The predicted octanol–water partition coefficient (Wildman–Crippen LogP) is 2.18. The fourth-order valence-corrected chi connectivity index (χ4v) is 2.14. The minimum atomic E-state index is 0.572. The normalized spacial score (nSPS) is 10.6. The van der Waals surface area contributed by atoms with Crippen LogP contribution in [0.15, 0.2) is 15.9 Å². The predicted molar refractivity (Wildman–Crippen MR) is 56.7 cm³/mol. The van der Waals surface area contributed by atoms with Crippen LogP contribution < -0.4 is 5.48 Å². The van der Waals surface area contributed by atoms with Crippen LogP contribution in [0, 0.1) is 0 Å². The third kappa shape index (κ3) is 4.73. The second-order valence-corrected chi connectivity index (χ2v) is 4.31. The van der Waals surface area contributed by atoms with Gasteiger partial charge in [0.2, 0.25) is 0 Å². The maximum atomic E-state index is 5.10. The zero-order chi connectivity index (χ0) is 9.52. The van der Waals surface area contributed by atoms with E-state index in [9.17, 15) is 0 Å². The van der Waals surface area contributed by atoms with Gasteiger partial charge in [0.05, 0.1) is 19.8 Å². The highest BCUT2D eigenvalue weighted by atomic mass is 79.9. The average Bonchev–Trinajstić information content (AvgIpc) is 2.51. The fraction of sp³-hybridized carbons (Fsp3) is 0.500. The quantitative estimate of drug-likeness (QED) is 0.632. The molecule has 1 rings (SSSR count).